The number of carbonyl (C=O) groups excluding carboxylic acids is 3. The van der Waals surface area contributed by atoms with E-state index in [0.717, 1.165) is 29.2 Å². The van der Waals surface area contributed by atoms with Gasteiger partial charge in [0.2, 0.25) is 5.91 Å². The van der Waals surface area contributed by atoms with Gasteiger partial charge < -0.3 is 15.0 Å². The molecule has 6 nitrogen and oxygen atoms in total. The molecular weight excluding hydrogens is 388 g/mol. The molecule has 1 aliphatic heterocycles. The van der Waals surface area contributed by atoms with Crippen LogP contribution in [0.2, 0.25) is 0 Å². The monoisotopic (exact) mass is 412 g/mol. The highest BCUT2D eigenvalue weighted by Crippen LogP contribution is 2.16. The molecule has 0 spiro atoms. The number of benzene rings is 2. The van der Waals surface area contributed by atoms with Crippen molar-refractivity contribution in [2.45, 2.75) is 24.3 Å². The Hall–Kier alpha value is -2.80. The first kappa shape index (κ1) is 20.9. The SMILES string of the molecule is O=C(COC(=O)c1ccc(CN2CCCC2=O)cc1)NCCSc1ccccc1. The van der Waals surface area contributed by atoms with E-state index in [1.807, 2.05) is 47.4 Å². The summed E-state index contributed by atoms with van der Waals surface area (Å²) in [5.41, 5.74) is 1.35. The largest absolute Gasteiger partial charge is 0.452 e. The summed E-state index contributed by atoms with van der Waals surface area (Å²) >= 11 is 1.65. The van der Waals surface area contributed by atoms with Gasteiger partial charge >= 0.3 is 5.97 Å². The summed E-state index contributed by atoms with van der Waals surface area (Å²) in [6.07, 6.45) is 1.51. The number of nitrogens with one attached hydrogen (secondary N) is 1. The van der Waals surface area contributed by atoms with Crippen LogP contribution < -0.4 is 5.32 Å². The Morgan fingerprint density at radius 2 is 1.83 bits per heavy atom. The van der Waals surface area contributed by atoms with Gasteiger partial charge in [0.25, 0.3) is 5.91 Å². The van der Waals surface area contributed by atoms with E-state index >= 15 is 0 Å². The van der Waals surface area contributed by atoms with Crippen molar-refractivity contribution in [2.24, 2.45) is 0 Å². The van der Waals surface area contributed by atoms with Crippen molar-refractivity contribution < 1.29 is 19.1 Å². The first-order chi connectivity index (χ1) is 14.1. The Morgan fingerprint density at radius 3 is 2.52 bits per heavy atom. The molecule has 152 valence electrons. The average Bonchev–Trinajstić information content (AvgIpc) is 3.15. The maximum absolute atomic E-state index is 12.1. The average molecular weight is 413 g/mol. The highest BCUT2D eigenvalue weighted by atomic mass is 32.2. The quantitative estimate of drug-likeness (QED) is 0.389. The van der Waals surface area contributed by atoms with Crippen LogP contribution in [0.4, 0.5) is 0 Å². The minimum atomic E-state index is -0.539. The van der Waals surface area contributed by atoms with Gasteiger partial charge in [0.05, 0.1) is 5.56 Å². The fourth-order valence-electron chi connectivity index (χ4n) is 2.98. The molecule has 0 saturated carbocycles. The number of nitrogens with zero attached hydrogens (tertiary/aromatic N) is 1. The van der Waals surface area contributed by atoms with Crippen molar-refractivity contribution in [3.63, 3.8) is 0 Å². The molecule has 1 fully saturated rings. The van der Waals surface area contributed by atoms with E-state index in [0.29, 0.717) is 25.1 Å². The fourth-order valence-corrected chi connectivity index (χ4v) is 3.77. The Kier molecular flexibility index (Phi) is 7.69. The Bertz CT molecular complexity index is 840. The van der Waals surface area contributed by atoms with Crippen molar-refractivity contribution in [1.82, 2.24) is 10.2 Å². The van der Waals surface area contributed by atoms with E-state index in [1.54, 1.807) is 23.9 Å². The number of esters is 1. The molecule has 2 amide bonds. The molecule has 0 atom stereocenters. The standard InChI is InChI=1S/C22H24N2O4S/c25-20(23-12-14-29-19-5-2-1-3-6-19)16-28-22(27)18-10-8-17(9-11-18)15-24-13-4-7-21(24)26/h1-3,5-6,8-11H,4,7,12-16H2,(H,23,25). The maximum atomic E-state index is 12.1. The molecule has 0 radical (unpaired) electrons. The third-order valence-corrected chi connectivity index (χ3v) is 5.52. The topological polar surface area (TPSA) is 75.7 Å². The van der Waals surface area contributed by atoms with Gasteiger partial charge in [-0.05, 0) is 36.2 Å². The molecule has 2 aromatic rings. The van der Waals surface area contributed by atoms with Crippen LogP contribution in [0, 0.1) is 0 Å². The van der Waals surface area contributed by atoms with Crippen LogP contribution in [-0.2, 0) is 20.9 Å². The molecule has 0 bridgehead atoms. The summed E-state index contributed by atoms with van der Waals surface area (Å²) in [4.78, 5) is 38.6. The molecule has 3 rings (SSSR count). The van der Waals surface area contributed by atoms with E-state index in [1.165, 1.54) is 0 Å². The minimum Gasteiger partial charge on any atom is -0.452 e. The van der Waals surface area contributed by atoms with E-state index in [4.69, 9.17) is 4.74 Å². The van der Waals surface area contributed by atoms with Crippen LogP contribution in [0.3, 0.4) is 0 Å². The lowest BCUT2D eigenvalue weighted by Crippen LogP contribution is -2.30. The first-order valence-corrected chi connectivity index (χ1v) is 10.6. The lowest BCUT2D eigenvalue weighted by molar-refractivity contribution is -0.128. The summed E-state index contributed by atoms with van der Waals surface area (Å²) in [5.74, 6) is 0.0467. The molecule has 0 aromatic heterocycles. The van der Waals surface area contributed by atoms with Crippen LogP contribution in [0.25, 0.3) is 0 Å². The summed E-state index contributed by atoms with van der Waals surface area (Å²) in [6, 6.07) is 16.9. The molecule has 0 aliphatic carbocycles. The minimum absolute atomic E-state index is 0.168. The molecule has 0 unspecified atom stereocenters. The third-order valence-electron chi connectivity index (χ3n) is 4.50. The zero-order valence-corrected chi connectivity index (χ0v) is 17.0. The number of hydrogen-bond donors (Lipinski definition) is 1. The van der Waals surface area contributed by atoms with Gasteiger partial charge in [0.1, 0.15) is 0 Å². The maximum Gasteiger partial charge on any atom is 0.338 e. The first-order valence-electron chi connectivity index (χ1n) is 9.60. The highest BCUT2D eigenvalue weighted by molar-refractivity contribution is 7.99. The molecule has 1 aliphatic rings. The zero-order valence-electron chi connectivity index (χ0n) is 16.1. The van der Waals surface area contributed by atoms with Gasteiger partial charge in [0.15, 0.2) is 6.61 Å². The van der Waals surface area contributed by atoms with Gasteiger partial charge in [-0.3, -0.25) is 9.59 Å². The van der Waals surface area contributed by atoms with E-state index in [-0.39, 0.29) is 18.4 Å². The smallest absolute Gasteiger partial charge is 0.338 e. The van der Waals surface area contributed by atoms with Crippen molar-refractivity contribution in [3.05, 3.63) is 65.7 Å². The number of carbonyl (C=O) groups is 3. The van der Waals surface area contributed by atoms with Gasteiger partial charge in [0, 0.05) is 36.7 Å². The molecule has 1 N–H and O–H groups in total. The van der Waals surface area contributed by atoms with Crippen LogP contribution >= 0.6 is 11.8 Å². The van der Waals surface area contributed by atoms with Crippen molar-refractivity contribution in [3.8, 4) is 0 Å². The summed E-state index contributed by atoms with van der Waals surface area (Å²) in [7, 11) is 0. The number of hydrogen-bond acceptors (Lipinski definition) is 5. The van der Waals surface area contributed by atoms with Crippen molar-refractivity contribution in [1.29, 1.82) is 0 Å². The molecule has 2 aromatic carbocycles. The molecule has 1 saturated heterocycles. The number of likely N-dealkylation sites (tertiary alicyclic amines) is 1. The van der Waals surface area contributed by atoms with Crippen molar-refractivity contribution in [2.75, 3.05) is 25.4 Å². The number of rotatable bonds is 9. The predicted octanol–water partition coefficient (Wildman–Crippen LogP) is 2.87. The van der Waals surface area contributed by atoms with E-state index in [2.05, 4.69) is 5.32 Å². The van der Waals surface area contributed by atoms with Gasteiger partial charge in [-0.1, -0.05) is 30.3 Å². The van der Waals surface area contributed by atoms with Crippen LogP contribution in [0.5, 0.6) is 0 Å². The zero-order chi connectivity index (χ0) is 20.5. The predicted molar refractivity (Wildman–Crippen MR) is 112 cm³/mol. The molecule has 1 heterocycles. The van der Waals surface area contributed by atoms with Gasteiger partial charge in [-0.15, -0.1) is 11.8 Å². The Balaban J connectivity index is 1.35. The summed E-state index contributed by atoms with van der Waals surface area (Å²) < 4.78 is 5.07. The Labute approximate surface area is 174 Å². The van der Waals surface area contributed by atoms with Gasteiger partial charge in [-0.2, -0.15) is 0 Å². The second kappa shape index (κ2) is 10.7. The van der Waals surface area contributed by atoms with Crippen LogP contribution in [-0.4, -0.2) is 48.1 Å². The highest BCUT2D eigenvalue weighted by Gasteiger charge is 2.20. The number of thioether (sulfide) groups is 1. The normalized spacial score (nSPS) is 13.4. The Morgan fingerprint density at radius 1 is 1.07 bits per heavy atom. The summed E-state index contributed by atoms with van der Waals surface area (Å²) in [6.45, 7) is 1.53. The lowest BCUT2D eigenvalue weighted by atomic mass is 10.1. The molecular formula is C22H24N2O4S. The van der Waals surface area contributed by atoms with Crippen LogP contribution in [0.15, 0.2) is 59.5 Å². The second-order valence-electron chi connectivity index (χ2n) is 6.70. The lowest BCUT2D eigenvalue weighted by Gasteiger charge is -2.15. The number of ether oxygens (including phenoxy) is 1. The molecule has 29 heavy (non-hydrogen) atoms. The summed E-state index contributed by atoms with van der Waals surface area (Å²) in [5, 5.41) is 2.74. The fraction of sp³-hybridized carbons (Fsp3) is 0.318. The van der Waals surface area contributed by atoms with E-state index < -0.39 is 5.97 Å². The van der Waals surface area contributed by atoms with Crippen LogP contribution in [0.1, 0.15) is 28.8 Å². The molecule has 7 heteroatoms. The third kappa shape index (κ3) is 6.64. The van der Waals surface area contributed by atoms with Gasteiger partial charge in [-0.25, -0.2) is 4.79 Å². The number of amides is 2. The van der Waals surface area contributed by atoms with Crippen molar-refractivity contribution >= 4 is 29.5 Å². The van der Waals surface area contributed by atoms with E-state index in [9.17, 15) is 14.4 Å². The second-order valence-corrected chi connectivity index (χ2v) is 7.87.